The summed E-state index contributed by atoms with van der Waals surface area (Å²) in [6.07, 6.45) is 0. The third-order valence-corrected chi connectivity index (χ3v) is 7.89. The molecular weight excluding hydrogens is 520 g/mol. The van der Waals surface area contributed by atoms with E-state index in [1.54, 1.807) is 12.1 Å². The molecule has 9 aromatic rings. The molecule has 0 amide bonds. The molecule has 0 atom stereocenters. The summed E-state index contributed by atoms with van der Waals surface area (Å²) < 4.78 is 127. The van der Waals surface area contributed by atoms with Gasteiger partial charge in [-0.25, -0.2) is 0 Å². The highest BCUT2D eigenvalue weighted by atomic mass is 16.3. The molecule has 0 saturated heterocycles. The SMILES string of the molecule is [2H]c1c([2H])c([2H])c2c(oc3c(-c4c5ccccc5c(-c5ccc(-c6c([2H])c([2H])c([2H])c7c([2H])c([2H])c([2H])c([2H])c67)cc5)c5ccccc45)c([2H])c([2H])c([2H])c32)c1[2H]. The van der Waals surface area contributed by atoms with Gasteiger partial charge in [0.15, 0.2) is 0 Å². The second-order valence-electron chi connectivity index (χ2n) is 10.2. The van der Waals surface area contributed by atoms with Gasteiger partial charge in [-0.1, -0.05) is 151 Å². The molecule has 0 saturated carbocycles. The van der Waals surface area contributed by atoms with E-state index in [4.69, 9.17) is 22.2 Å². The van der Waals surface area contributed by atoms with E-state index in [9.17, 15) is 1.37 Å². The topological polar surface area (TPSA) is 13.1 Å². The molecule has 43 heavy (non-hydrogen) atoms. The molecule has 1 aromatic heterocycles. The molecule has 8 aromatic carbocycles. The van der Waals surface area contributed by atoms with Crippen LogP contribution < -0.4 is 0 Å². The molecule has 9 rings (SSSR count). The predicted molar refractivity (Wildman–Crippen MR) is 183 cm³/mol. The Morgan fingerprint density at radius 2 is 0.930 bits per heavy atom. The van der Waals surface area contributed by atoms with Crippen LogP contribution in [0.3, 0.4) is 0 Å². The minimum Gasteiger partial charge on any atom is -0.455 e. The Labute approximate surface area is 268 Å². The van der Waals surface area contributed by atoms with E-state index in [0.29, 0.717) is 21.9 Å². The largest absolute Gasteiger partial charge is 0.455 e. The molecule has 0 aliphatic heterocycles. The van der Waals surface area contributed by atoms with Gasteiger partial charge in [-0.05, 0) is 60.6 Å². The zero-order chi connectivity index (χ0) is 40.5. The Bertz CT molecular complexity index is 3210. The van der Waals surface area contributed by atoms with Gasteiger partial charge >= 0.3 is 0 Å². The fourth-order valence-electron chi connectivity index (χ4n) is 6.05. The van der Waals surface area contributed by atoms with Crippen LogP contribution in [0.5, 0.6) is 0 Å². The monoisotopic (exact) mass is 560 g/mol. The van der Waals surface area contributed by atoms with Crippen molar-refractivity contribution in [3.8, 4) is 33.4 Å². The summed E-state index contributed by atoms with van der Waals surface area (Å²) >= 11 is 0. The summed E-state index contributed by atoms with van der Waals surface area (Å²) in [4.78, 5) is 0. The second kappa shape index (κ2) is 9.44. The standard InChI is InChI=1S/C42H26O/c1-2-13-30-27(11-1)12-9-19-31(30)28-23-25-29(26-24-28)40-33-15-3-5-17-35(33)41(36-18-6-4-16-34(36)40)38-21-10-20-37-32-14-7-8-22-39(32)43-42(37)38/h1-26H/i1D,2D,7D,8D,9D,10D,11D,12D,13D,14D,19D,20D,21D,22D. The highest BCUT2D eigenvalue weighted by molar-refractivity contribution is 6.24. The van der Waals surface area contributed by atoms with Gasteiger partial charge in [-0.2, -0.15) is 0 Å². The third kappa shape index (κ3) is 3.65. The Balaban J connectivity index is 1.34. The highest BCUT2D eigenvalue weighted by Gasteiger charge is 2.20. The average Bonchev–Trinajstić information content (AvgIpc) is 3.62. The fourth-order valence-corrected chi connectivity index (χ4v) is 6.05. The van der Waals surface area contributed by atoms with Crippen molar-refractivity contribution in [3.63, 3.8) is 0 Å². The molecule has 1 nitrogen and oxygen atoms in total. The number of rotatable bonds is 3. The number of benzene rings is 8. The lowest BCUT2D eigenvalue weighted by atomic mass is 9.85. The van der Waals surface area contributed by atoms with Gasteiger partial charge in [0.2, 0.25) is 0 Å². The molecule has 0 aliphatic carbocycles. The second-order valence-corrected chi connectivity index (χ2v) is 10.2. The van der Waals surface area contributed by atoms with Crippen molar-refractivity contribution in [1.82, 2.24) is 0 Å². The number of furan rings is 1. The molecule has 0 N–H and O–H groups in total. The maximum atomic E-state index is 9.23. The number of hydrogen-bond donors (Lipinski definition) is 0. The quantitative estimate of drug-likeness (QED) is 0.196. The van der Waals surface area contributed by atoms with Crippen LogP contribution in [-0.2, 0) is 0 Å². The smallest absolute Gasteiger partial charge is 0.143 e. The number of para-hydroxylation sites is 2. The summed E-state index contributed by atoms with van der Waals surface area (Å²) in [6.45, 7) is 0. The van der Waals surface area contributed by atoms with Gasteiger partial charge in [0.05, 0.1) is 19.2 Å². The molecule has 0 aliphatic rings. The number of fused-ring (bicyclic) bond motifs is 6. The zero-order valence-electron chi connectivity index (χ0n) is 36.3. The van der Waals surface area contributed by atoms with E-state index < -0.39 is 66.5 Å². The maximum absolute atomic E-state index is 9.23. The lowest BCUT2D eigenvalue weighted by Gasteiger charge is -2.18. The van der Waals surface area contributed by atoms with Crippen LogP contribution in [0.2, 0.25) is 0 Å². The molecule has 1 heterocycles. The van der Waals surface area contributed by atoms with Crippen LogP contribution in [0.25, 0.3) is 87.6 Å². The van der Waals surface area contributed by atoms with Crippen LogP contribution in [0.1, 0.15) is 19.2 Å². The summed E-state index contributed by atoms with van der Waals surface area (Å²) in [5.41, 5.74) is 2.54. The first-order valence-electron chi connectivity index (χ1n) is 20.6. The maximum Gasteiger partial charge on any atom is 0.143 e. The Morgan fingerprint density at radius 1 is 0.395 bits per heavy atom. The molecular formula is C42H26O. The van der Waals surface area contributed by atoms with Crippen molar-refractivity contribution < 1.29 is 23.6 Å². The van der Waals surface area contributed by atoms with Gasteiger partial charge in [0.25, 0.3) is 0 Å². The van der Waals surface area contributed by atoms with Gasteiger partial charge in [-0.15, -0.1) is 0 Å². The van der Waals surface area contributed by atoms with E-state index in [-0.39, 0.29) is 62.0 Å². The van der Waals surface area contributed by atoms with E-state index in [1.807, 2.05) is 60.7 Å². The molecule has 0 radical (unpaired) electrons. The van der Waals surface area contributed by atoms with Gasteiger partial charge in [-0.3, -0.25) is 0 Å². The molecule has 0 spiro atoms. The minimum absolute atomic E-state index is 0.000678. The van der Waals surface area contributed by atoms with Crippen molar-refractivity contribution >= 4 is 54.3 Å². The summed E-state index contributed by atoms with van der Waals surface area (Å²) in [7, 11) is 0. The van der Waals surface area contributed by atoms with Crippen molar-refractivity contribution in [2.75, 3.05) is 0 Å². The summed E-state index contributed by atoms with van der Waals surface area (Å²) in [5.74, 6) is 0. The van der Waals surface area contributed by atoms with Crippen LogP contribution >= 0.6 is 0 Å². The molecule has 1 heteroatoms. The first-order chi connectivity index (χ1) is 27.2. The fraction of sp³-hybridized carbons (Fsp3) is 0. The van der Waals surface area contributed by atoms with Gasteiger partial charge < -0.3 is 4.42 Å². The number of hydrogen-bond acceptors (Lipinski definition) is 1. The normalized spacial score (nSPS) is 16.3. The summed E-state index contributed by atoms with van der Waals surface area (Å²) in [6, 6.07) is 15.8. The first-order valence-corrected chi connectivity index (χ1v) is 13.6. The highest BCUT2D eigenvalue weighted by Crippen LogP contribution is 2.46. The molecule has 0 unspecified atom stereocenters. The summed E-state index contributed by atoms with van der Waals surface area (Å²) in [5, 5.41) is 2.63. The lowest BCUT2D eigenvalue weighted by molar-refractivity contribution is 0.670. The van der Waals surface area contributed by atoms with Crippen molar-refractivity contribution in [2.45, 2.75) is 0 Å². The Kier molecular flexibility index (Phi) is 3.07. The third-order valence-electron chi connectivity index (χ3n) is 7.89. The first kappa shape index (κ1) is 14.0. The Hall–Kier alpha value is -5.66. The zero-order valence-corrected chi connectivity index (χ0v) is 22.3. The van der Waals surface area contributed by atoms with E-state index >= 15 is 0 Å². The van der Waals surface area contributed by atoms with Crippen LogP contribution in [0.4, 0.5) is 0 Å². The van der Waals surface area contributed by atoms with Crippen molar-refractivity contribution in [1.29, 1.82) is 0 Å². The molecule has 200 valence electrons. The van der Waals surface area contributed by atoms with E-state index in [2.05, 4.69) is 0 Å². The van der Waals surface area contributed by atoms with Crippen molar-refractivity contribution in [3.05, 3.63) is 157 Å². The van der Waals surface area contributed by atoms with Crippen LogP contribution in [-0.4, -0.2) is 0 Å². The predicted octanol–water partition coefficient (Wildman–Crippen LogP) is 12.0. The molecule has 0 bridgehead atoms. The van der Waals surface area contributed by atoms with Crippen LogP contribution in [0, 0.1) is 0 Å². The van der Waals surface area contributed by atoms with Crippen molar-refractivity contribution in [2.24, 2.45) is 0 Å². The minimum atomic E-state index is -0.527. The average molecular weight is 561 g/mol. The Morgan fingerprint density at radius 3 is 1.67 bits per heavy atom. The van der Waals surface area contributed by atoms with Crippen LogP contribution in [0.15, 0.2) is 162 Å². The van der Waals surface area contributed by atoms with Gasteiger partial charge in [0.1, 0.15) is 11.2 Å². The van der Waals surface area contributed by atoms with Gasteiger partial charge in [0, 0.05) is 21.9 Å². The van der Waals surface area contributed by atoms with E-state index in [0.717, 1.165) is 21.9 Å². The lowest BCUT2D eigenvalue weighted by Crippen LogP contribution is -1.91. The molecule has 0 fully saturated rings. The van der Waals surface area contributed by atoms with E-state index in [1.165, 1.54) is 0 Å².